The van der Waals surface area contributed by atoms with E-state index in [9.17, 15) is 18.0 Å². The van der Waals surface area contributed by atoms with Crippen molar-refractivity contribution in [2.24, 2.45) is 0 Å². The van der Waals surface area contributed by atoms with Crippen molar-refractivity contribution < 1.29 is 13.2 Å². The maximum absolute atomic E-state index is 12.7. The molecule has 0 amide bonds. The van der Waals surface area contributed by atoms with Crippen LogP contribution in [0.1, 0.15) is 18.1 Å². The second-order valence-electron chi connectivity index (χ2n) is 3.88. The predicted molar refractivity (Wildman–Crippen MR) is 58.9 cm³/mol. The van der Waals surface area contributed by atoms with Crippen LogP contribution >= 0.6 is 0 Å². The molecule has 0 bridgehead atoms. The van der Waals surface area contributed by atoms with Crippen molar-refractivity contribution in [1.82, 2.24) is 9.88 Å². The number of nitrogens with zero attached hydrogens (tertiary/aromatic N) is 1. The summed E-state index contributed by atoms with van der Waals surface area (Å²) in [7, 11) is 1.83. The van der Waals surface area contributed by atoms with Gasteiger partial charge in [0.2, 0.25) is 5.56 Å². The van der Waals surface area contributed by atoms with Gasteiger partial charge >= 0.3 is 6.18 Å². The van der Waals surface area contributed by atoms with Gasteiger partial charge in [0.25, 0.3) is 0 Å². The number of nitrogens with one attached hydrogen (secondary N) is 1. The molecule has 1 aromatic rings. The molecular weight excluding hydrogens is 233 g/mol. The molecule has 0 radical (unpaired) electrons. The molecule has 0 aliphatic carbocycles. The van der Waals surface area contributed by atoms with Crippen molar-refractivity contribution in [2.75, 3.05) is 20.1 Å². The van der Waals surface area contributed by atoms with E-state index in [2.05, 4.69) is 4.98 Å². The number of hydrogen-bond acceptors (Lipinski definition) is 2. The first kappa shape index (κ1) is 13.8. The van der Waals surface area contributed by atoms with Crippen molar-refractivity contribution in [3.63, 3.8) is 0 Å². The van der Waals surface area contributed by atoms with E-state index in [4.69, 9.17) is 0 Å². The third kappa shape index (κ3) is 3.89. The van der Waals surface area contributed by atoms with Crippen LogP contribution in [0.15, 0.2) is 17.1 Å². The van der Waals surface area contributed by atoms with Gasteiger partial charge in [-0.25, -0.2) is 0 Å². The Morgan fingerprint density at radius 3 is 2.59 bits per heavy atom. The normalized spacial score (nSPS) is 12.1. The second kappa shape index (κ2) is 5.35. The fraction of sp³-hybridized carbons (Fsp3) is 0.545. The fourth-order valence-electron chi connectivity index (χ4n) is 1.44. The lowest BCUT2D eigenvalue weighted by Gasteiger charge is -2.16. The van der Waals surface area contributed by atoms with Crippen molar-refractivity contribution in [3.05, 3.63) is 33.7 Å². The minimum atomic E-state index is -4.48. The lowest BCUT2D eigenvalue weighted by molar-refractivity contribution is -0.138. The molecule has 6 heteroatoms. The highest BCUT2D eigenvalue weighted by Crippen LogP contribution is 2.30. The molecule has 1 aromatic heterocycles. The zero-order valence-electron chi connectivity index (χ0n) is 9.77. The van der Waals surface area contributed by atoms with Gasteiger partial charge in [-0.1, -0.05) is 6.92 Å². The van der Waals surface area contributed by atoms with Crippen molar-refractivity contribution in [3.8, 4) is 0 Å². The summed E-state index contributed by atoms with van der Waals surface area (Å²) in [6.45, 7) is 3.22. The number of aromatic amines is 1. The van der Waals surface area contributed by atoms with Gasteiger partial charge in [0.15, 0.2) is 0 Å². The van der Waals surface area contributed by atoms with Crippen LogP contribution in [0.5, 0.6) is 0 Å². The Morgan fingerprint density at radius 1 is 1.41 bits per heavy atom. The van der Waals surface area contributed by atoms with Crippen LogP contribution in [0.2, 0.25) is 0 Å². The van der Waals surface area contributed by atoms with E-state index in [0.29, 0.717) is 12.6 Å². The van der Waals surface area contributed by atoms with Gasteiger partial charge in [-0.15, -0.1) is 0 Å². The van der Waals surface area contributed by atoms with Crippen LogP contribution in [-0.4, -0.2) is 30.0 Å². The smallest absolute Gasteiger partial charge is 0.329 e. The maximum atomic E-state index is 12.7. The van der Waals surface area contributed by atoms with Crippen LogP contribution < -0.4 is 5.56 Å². The summed E-state index contributed by atoms with van der Waals surface area (Å²) in [6, 6.07) is 0.612. The average Bonchev–Trinajstić information content (AvgIpc) is 2.25. The van der Waals surface area contributed by atoms with Crippen molar-refractivity contribution in [2.45, 2.75) is 19.5 Å². The summed E-state index contributed by atoms with van der Waals surface area (Å²) in [5, 5.41) is 0. The number of aromatic nitrogens is 1. The molecule has 1 rings (SSSR count). The molecule has 0 aliphatic rings. The molecule has 0 atom stereocenters. The van der Waals surface area contributed by atoms with Gasteiger partial charge in [-0.3, -0.25) is 4.79 Å². The first-order valence-corrected chi connectivity index (χ1v) is 5.32. The topological polar surface area (TPSA) is 36.1 Å². The highest BCUT2D eigenvalue weighted by molar-refractivity contribution is 5.26. The highest BCUT2D eigenvalue weighted by Gasteiger charge is 2.33. The number of likely N-dealkylation sites (N-methyl/N-ethyl adjacent to an activating group) is 1. The quantitative estimate of drug-likeness (QED) is 0.883. The van der Waals surface area contributed by atoms with Gasteiger partial charge in [0.1, 0.15) is 0 Å². The number of H-pyrrole nitrogens is 1. The van der Waals surface area contributed by atoms with Gasteiger partial charge in [0, 0.05) is 18.8 Å². The van der Waals surface area contributed by atoms with Gasteiger partial charge < -0.3 is 9.88 Å². The van der Waals surface area contributed by atoms with E-state index < -0.39 is 17.3 Å². The van der Waals surface area contributed by atoms with Crippen molar-refractivity contribution in [1.29, 1.82) is 0 Å². The first-order chi connectivity index (χ1) is 7.84. The SMILES string of the molecule is CCN(C)CCc1c[nH]c(=O)cc1C(F)(F)F. The van der Waals surface area contributed by atoms with Gasteiger partial charge in [0.05, 0.1) is 5.56 Å². The van der Waals surface area contributed by atoms with E-state index in [1.807, 2.05) is 18.9 Å². The number of alkyl halides is 3. The standard InChI is InChI=1S/C11H15F3N2O/c1-3-16(2)5-4-8-7-15-10(17)6-9(8)11(12,13)14/h6-7H,3-5H2,1-2H3,(H,15,17). The molecular formula is C11H15F3N2O. The van der Waals surface area contributed by atoms with Crippen LogP contribution in [0, 0.1) is 0 Å². The van der Waals surface area contributed by atoms with E-state index >= 15 is 0 Å². The molecule has 0 fully saturated rings. The van der Waals surface area contributed by atoms with Crippen LogP contribution in [0.4, 0.5) is 13.2 Å². The Labute approximate surface area is 97.3 Å². The Balaban J connectivity index is 2.95. The largest absolute Gasteiger partial charge is 0.416 e. The minimum absolute atomic E-state index is 0.123. The number of hydrogen-bond donors (Lipinski definition) is 1. The lowest BCUT2D eigenvalue weighted by Crippen LogP contribution is -2.23. The molecule has 0 unspecified atom stereocenters. The van der Waals surface area contributed by atoms with Crippen molar-refractivity contribution >= 4 is 0 Å². The van der Waals surface area contributed by atoms with Gasteiger partial charge in [-0.05, 0) is 25.6 Å². The van der Waals surface area contributed by atoms with E-state index in [-0.39, 0.29) is 12.0 Å². The summed E-state index contributed by atoms with van der Waals surface area (Å²) in [6.07, 6.45) is -3.07. The zero-order valence-corrected chi connectivity index (χ0v) is 9.77. The van der Waals surface area contributed by atoms with Crippen LogP contribution in [0.25, 0.3) is 0 Å². The summed E-state index contributed by atoms with van der Waals surface area (Å²) >= 11 is 0. The van der Waals surface area contributed by atoms with E-state index in [0.717, 1.165) is 12.7 Å². The summed E-state index contributed by atoms with van der Waals surface area (Å²) < 4.78 is 38.0. The zero-order chi connectivity index (χ0) is 13.1. The molecule has 0 spiro atoms. The highest BCUT2D eigenvalue weighted by atomic mass is 19.4. The summed E-state index contributed by atoms with van der Waals surface area (Å²) in [5.74, 6) is 0. The monoisotopic (exact) mass is 248 g/mol. The van der Waals surface area contributed by atoms with Crippen LogP contribution in [0.3, 0.4) is 0 Å². The predicted octanol–water partition coefficient (Wildman–Crippen LogP) is 1.89. The number of rotatable bonds is 4. The summed E-state index contributed by atoms with van der Waals surface area (Å²) in [4.78, 5) is 15.1. The molecule has 0 saturated carbocycles. The average molecular weight is 248 g/mol. The Hall–Kier alpha value is -1.30. The van der Waals surface area contributed by atoms with E-state index in [1.165, 1.54) is 0 Å². The molecule has 1 N–H and O–H groups in total. The van der Waals surface area contributed by atoms with E-state index in [1.54, 1.807) is 0 Å². The summed E-state index contributed by atoms with van der Waals surface area (Å²) in [5.41, 5.74) is -1.45. The Morgan fingerprint density at radius 2 is 2.06 bits per heavy atom. The number of halogens is 3. The Bertz CT molecular complexity index is 425. The van der Waals surface area contributed by atoms with Gasteiger partial charge in [-0.2, -0.15) is 13.2 Å². The molecule has 17 heavy (non-hydrogen) atoms. The second-order valence-corrected chi connectivity index (χ2v) is 3.88. The third-order valence-electron chi connectivity index (χ3n) is 2.62. The molecule has 0 aromatic carbocycles. The molecule has 0 aliphatic heterocycles. The molecule has 96 valence electrons. The maximum Gasteiger partial charge on any atom is 0.416 e. The van der Waals surface area contributed by atoms with Crippen LogP contribution in [-0.2, 0) is 12.6 Å². The minimum Gasteiger partial charge on any atom is -0.329 e. The first-order valence-electron chi connectivity index (χ1n) is 5.32. The molecule has 0 saturated heterocycles. The molecule has 3 nitrogen and oxygen atoms in total. The number of pyridine rings is 1. The molecule has 1 heterocycles. The lowest BCUT2D eigenvalue weighted by atomic mass is 10.1. The Kier molecular flexibility index (Phi) is 4.34. The fourth-order valence-corrected chi connectivity index (χ4v) is 1.44. The third-order valence-corrected chi connectivity index (χ3v) is 2.62.